The molecule has 136 valence electrons. The summed E-state index contributed by atoms with van der Waals surface area (Å²) in [6.07, 6.45) is -4.88. The predicted molar refractivity (Wildman–Crippen MR) is 87.9 cm³/mol. The molecule has 0 aromatic heterocycles. The van der Waals surface area contributed by atoms with Crippen LogP contribution in [0.15, 0.2) is 53.4 Å². The summed E-state index contributed by atoms with van der Waals surface area (Å²) in [6.45, 7) is 0.0143. The molecule has 0 amide bonds. The fourth-order valence-electron chi connectivity index (χ4n) is 2.01. The van der Waals surface area contributed by atoms with Crippen LogP contribution in [0.1, 0.15) is 5.56 Å². The summed E-state index contributed by atoms with van der Waals surface area (Å²) in [5.74, 6) is -0.592. The number of nitrogens with one attached hydrogen (secondary N) is 1. The Bertz CT molecular complexity index is 819. The Morgan fingerprint density at radius 1 is 1.08 bits per heavy atom. The standard InChI is InChI=1S/C16H17F3N2O3S/c1-21(2)13-8-6-12(7-9-13)11-20-25(22,23)15-5-3-4-14(10-15)24-16(17,18)19/h3-10,20H,11H2,1-2H3. The maximum absolute atomic E-state index is 12.2. The molecule has 0 unspecified atom stereocenters. The topological polar surface area (TPSA) is 58.6 Å². The smallest absolute Gasteiger partial charge is 0.406 e. The van der Waals surface area contributed by atoms with E-state index in [4.69, 9.17) is 0 Å². The number of hydrogen-bond donors (Lipinski definition) is 1. The number of hydrogen-bond acceptors (Lipinski definition) is 4. The van der Waals surface area contributed by atoms with Gasteiger partial charge in [-0.2, -0.15) is 0 Å². The van der Waals surface area contributed by atoms with Crippen molar-refractivity contribution in [3.8, 4) is 5.75 Å². The van der Waals surface area contributed by atoms with E-state index in [1.165, 1.54) is 12.1 Å². The maximum atomic E-state index is 12.2. The van der Waals surface area contributed by atoms with Gasteiger partial charge in [0.05, 0.1) is 4.90 Å². The second-order valence-corrected chi connectivity index (χ2v) is 7.18. The molecule has 0 atom stereocenters. The normalized spacial score (nSPS) is 12.0. The van der Waals surface area contributed by atoms with Crippen LogP contribution in [0.2, 0.25) is 0 Å². The molecule has 5 nitrogen and oxygen atoms in total. The van der Waals surface area contributed by atoms with E-state index in [-0.39, 0.29) is 11.4 Å². The minimum atomic E-state index is -4.88. The lowest BCUT2D eigenvalue weighted by Gasteiger charge is -2.13. The zero-order valence-electron chi connectivity index (χ0n) is 13.5. The average Bonchev–Trinajstić information content (AvgIpc) is 2.52. The second-order valence-electron chi connectivity index (χ2n) is 5.41. The van der Waals surface area contributed by atoms with Crippen molar-refractivity contribution in [2.75, 3.05) is 19.0 Å². The van der Waals surface area contributed by atoms with Crippen LogP contribution in [0.4, 0.5) is 18.9 Å². The minimum Gasteiger partial charge on any atom is -0.406 e. The summed E-state index contributed by atoms with van der Waals surface area (Å²) >= 11 is 0. The molecule has 2 rings (SSSR count). The number of anilines is 1. The third kappa shape index (κ3) is 5.64. The van der Waals surface area contributed by atoms with E-state index < -0.39 is 22.1 Å². The Morgan fingerprint density at radius 3 is 2.28 bits per heavy atom. The third-order valence-electron chi connectivity index (χ3n) is 3.27. The van der Waals surface area contributed by atoms with E-state index in [1.54, 1.807) is 12.1 Å². The highest BCUT2D eigenvalue weighted by molar-refractivity contribution is 7.89. The van der Waals surface area contributed by atoms with Crippen molar-refractivity contribution in [1.82, 2.24) is 4.72 Å². The molecule has 0 aliphatic rings. The average molecular weight is 374 g/mol. The number of halogens is 3. The summed E-state index contributed by atoms with van der Waals surface area (Å²) in [7, 11) is -0.205. The Labute approximate surface area is 144 Å². The van der Waals surface area contributed by atoms with Gasteiger partial charge in [-0.05, 0) is 29.8 Å². The molecular formula is C16H17F3N2O3S. The lowest BCUT2D eigenvalue weighted by atomic mass is 10.2. The highest BCUT2D eigenvalue weighted by atomic mass is 32.2. The van der Waals surface area contributed by atoms with Gasteiger partial charge in [-0.3, -0.25) is 0 Å². The van der Waals surface area contributed by atoms with Crippen molar-refractivity contribution in [1.29, 1.82) is 0 Å². The molecule has 0 saturated carbocycles. The molecule has 9 heteroatoms. The van der Waals surface area contributed by atoms with Crippen molar-refractivity contribution in [2.45, 2.75) is 17.8 Å². The first-order valence-electron chi connectivity index (χ1n) is 7.18. The highest BCUT2D eigenvalue weighted by Gasteiger charge is 2.31. The van der Waals surface area contributed by atoms with Gasteiger partial charge >= 0.3 is 6.36 Å². The van der Waals surface area contributed by atoms with Gasteiger partial charge in [0.15, 0.2) is 0 Å². The number of ether oxygens (including phenoxy) is 1. The van der Waals surface area contributed by atoms with Gasteiger partial charge in [0.1, 0.15) is 5.75 Å². The number of benzene rings is 2. The number of sulfonamides is 1. The van der Waals surface area contributed by atoms with E-state index in [9.17, 15) is 21.6 Å². The van der Waals surface area contributed by atoms with E-state index in [1.807, 2.05) is 31.1 Å². The van der Waals surface area contributed by atoms with Crippen molar-refractivity contribution >= 4 is 15.7 Å². The first kappa shape index (κ1) is 19.1. The fourth-order valence-corrected chi connectivity index (χ4v) is 3.06. The number of alkyl halides is 3. The maximum Gasteiger partial charge on any atom is 0.573 e. The van der Waals surface area contributed by atoms with E-state index in [0.29, 0.717) is 0 Å². The van der Waals surface area contributed by atoms with Crippen LogP contribution in [0.25, 0.3) is 0 Å². The second kappa shape index (κ2) is 7.32. The molecular weight excluding hydrogens is 357 g/mol. The summed E-state index contributed by atoms with van der Waals surface area (Å²) in [4.78, 5) is 1.60. The van der Waals surface area contributed by atoms with Crippen molar-refractivity contribution in [3.05, 3.63) is 54.1 Å². The van der Waals surface area contributed by atoms with Crippen LogP contribution in [0.3, 0.4) is 0 Å². The lowest BCUT2D eigenvalue weighted by Crippen LogP contribution is -2.23. The largest absolute Gasteiger partial charge is 0.573 e. The Balaban J connectivity index is 2.10. The quantitative estimate of drug-likeness (QED) is 0.844. The highest BCUT2D eigenvalue weighted by Crippen LogP contribution is 2.25. The molecule has 1 N–H and O–H groups in total. The molecule has 0 heterocycles. The number of nitrogens with zero attached hydrogens (tertiary/aromatic N) is 1. The van der Waals surface area contributed by atoms with Crippen LogP contribution in [-0.4, -0.2) is 28.9 Å². The van der Waals surface area contributed by atoms with Crippen LogP contribution in [0, 0.1) is 0 Å². The van der Waals surface area contributed by atoms with E-state index >= 15 is 0 Å². The summed E-state index contributed by atoms with van der Waals surface area (Å²) in [5, 5.41) is 0. The van der Waals surface area contributed by atoms with Crippen molar-refractivity contribution < 1.29 is 26.3 Å². The van der Waals surface area contributed by atoms with Gasteiger partial charge in [-0.15, -0.1) is 13.2 Å². The lowest BCUT2D eigenvalue weighted by molar-refractivity contribution is -0.274. The predicted octanol–water partition coefficient (Wildman–Crippen LogP) is 3.13. The molecule has 2 aromatic rings. The fraction of sp³-hybridized carbons (Fsp3) is 0.250. The zero-order chi connectivity index (χ0) is 18.7. The molecule has 0 aliphatic carbocycles. The van der Waals surface area contributed by atoms with Gasteiger partial charge in [0.25, 0.3) is 0 Å². The molecule has 25 heavy (non-hydrogen) atoms. The third-order valence-corrected chi connectivity index (χ3v) is 4.67. The zero-order valence-corrected chi connectivity index (χ0v) is 14.4. The Morgan fingerprint density at radius 2 is 1.72 bits per heavy atom. The molecule has 0 spiro atoms. The van der Waals surface area contributed by atoms with E-state index in [0.717, 1.165) is 23.4 Å². The van der Waals surface area contributed by atoms with Crippen molar-refractivity contribution in [2.24, 2.45) is 0 Å². The van der Waals surface area contributed by atoms with Crippen LogP contribution >= 0.6 is 0 Å². The Kier molecular flexibility index (Phi) is 5.58. The summed E-state index contributed by atoms with van der Waals surface area (Å²) in [5.41, 5.74) is 1.68. The van der Waals surface area contributed by atoms with Gasteiger partial charge in [0.2, 0.25) is 10.0 Å². The Hall–Kier alpha value is -2.26. The molecule has 0 bridgehead atoms. The molecule has 0 radical (unpaired) electrons. The number of rotatable bonds is 6. The molecule has 0 fully saturated rings. The summed E-state index contributed by atoms with van der Waals surface area (Å²) in [6, 6.07) is 11.4. The monoisotopic (exact) mass is 374 g/mol. The van der Waals surface area contributed by atoms with Gasteiger partial charge in [-0.1, -0.05) is 18.2 Å². The molecule has 0 saturated heterocycles. The van der Waals surface area contributed by atoms with Crippen LogP contribution < -0.4 is 14.4 Å². The van der Waals surface area contributed by atoms with Gasteiger partial charge in [0, 0.05) is 32.4 Å². The SMILES string of the molecule is CN(C)c1ccc(CNS(=O)(=O)c2cccc(OC(F)(F)F)c2)cc1. The first-order chi connectivity index (χ1) is 11.6. The summed E-state index contributed by atoms with van der Waals surface area (Å²) < 4.78 is 67.3. The van der Waals surface area contributed by atoms with Gasteiger partial charge in [-0.25, -0.2) is 13.1 Å². The molecule has 0 aliphatic heterocycles. The van der Waals surface area contributed by atoms with E-state index in [2.05, 4.69) is 9.46 Å². The molecule has 2 aromatic carbocycles. The first-order valence-corrected chi connectivity index (χ1v) is 8.67. The van der Waals surface area contributed by atoms with Crippen molar-refractivity contribution in [3.63, 3.8) is 0 Å². The van der Waals surface area contributed by atoms with Crippen LogP contribution in [0.5, 0.6) is 5.75 Å². The van der Waals surface area contributed by atoms with Crippen LogP contribution in [-0.2, 0) is 16.6 Å². The minimum absolute atomic E-state index is 0.0143. The van der Waals surface area contributed by atoms with Gasteiger partial charge < -0.3 is 9.64 Å².